The smallest absolute Gasteiger partial charge is 0.242 e. The van der Waals surface area contributed by atoms with Crippen molar-refractivity contribution < 1.29 is 18.0 Å². The van der Waals surface area contributed by atoms with Crippen LogP contribution < -0.4 is 9.62 Å². The molecule has 0 bridgehead atoms. The van der Waals surface area contributed by atoms with Crippen LogP contribution in [0.25, 0.3) is 0 Å². The van der Waals surface area contributed by atoms with Crippen LogP contribution in [-0.4, -0.2) is 50.5 Å². The minimum absolute atomic E-state index is 0.0655. The lowest BCUT2D eigenvalue weighted by atomic mass is 10.1. The molecule has 0 aliphatic rings. The highest BCUT2D eigenvalue weighted by atomic mass is 35.5. The standard InChI is InChI=1S/C28H39Cl2N3O4S/c1-7-25(28(35)31-17-19(2)3)32(18-22-13-14-23(29)16-24(22)30)27(34)12-9-15-33(38(6,36)37)26-11-8-10-20(4)21(26)5/h8,10-11,13-14,16,19,25H,7,9,12,15,17-18H2,1-6H3,(H,31,35)/t25-/m1/s1. The number of nitrogens with one attached hydrogen (secondary N) is 1. The fourth-order valence-electron chi connectivity index (χ4n) is 4.16. The second-order valence-electron chi connectivity index (χ2n) is 9.98. The van der Waals surface area contributed by atoms with E-state index in [1.807, 2.05) is 46.8 Å². The largest absolute Gasteiger partial charge is 0.354 e. The number of aryl methyl sites for hydroxylation is 1. The molecule has 2 aromatic rings. The zero-order valence-electron chi connectivity index (χ0n) is 23.1. The van der Waals surface area contributed by atoms with Crippen molar-refractivity contribution in [3.05, 3.63) is 63.1 Å². The van der Waals surface area contributed by atoms with E-state index in [4.69, 9.17) is 23.2 Å². The molecule has 0 aromatic heterocycles. The summed E-state index contributed by atoms with van der Waals surface area (Å²) in [6.45, 7) is 10.4. The average Bonchev–Trinajstić information content (AvgIpc) is 2.83. The molecular weight excluding hydrogens is 545 g/mol. The van der Waals surface area contributed by atoms with E-state index in [9.17, 15) is 18.0 Å². The Morgan fingerprint density at radius 1 is 1.08 bits per heavy atom. The second-order valence-corrected chi connectivity index (χ2v) is 12.7. The maximum Gasteiger partial charge on any atom is 0.242 e. The van der Waals surface area contributed by atoms with Crippen molar-refractivity contribution >= 4 is 50.7 Å². The first-order valence-corrected chi connectivity index (χ1v) is 15.4. The average molecular weight is 585 g/mol. The molecule has 0 saturated carbocycles. The molecule has 0 radical (unpaired) electrons. The van der Waals surface area contributed by atoms with Crippen LogP contribution in [0.5, 0.6) is 0 Å². The molecule has 38 heavy (non-hydrogen) atoms. The van der Waals surface area contributed by atoms with E-state index in [1.165, 1.54) is 9.21 Å². The van der Waals surface area contributed by atoms with Crippen molar-refractivity contribution in [1.29, 1.82) is 0 Å². The first kappa shape index (κ1) is 31.9. The van der Waals surface area contributed by atoms with Gasteiger partial charge in [0.1, 0.15) is 6.04 Å². The van der Waals surface area contributed by atoms with Crippen molar-refractivity contribution in [2.75, 3.05) is 23.7 Å². The number of hydrogen-bond acceptors (Lipinski definition) is 4. The number of hydrogen-bond donors (Lipinski definition) is 1. The van der Waals surface area contributed by atoms with Gasteiger partial charge in [-0.2, -0.15) is 0 Å². The first-order chi connectivity index (χ1) is 17.8. The van der Waals surface area contributed by atoms with Crippen LogP contribution >= 0.6 is 23.2 Å². The van der Waals surface area contributed by atoms with Crippen LogP contribution in [0.3, 0.4) is 0 Å². The molecule has 0 aliphatic heterocycles. The summed E-state index contributed by atoms with van der Waals surface area (Å²) in [6, 6.07) is 9.87. The second kappa shape index (κ2) is 14.2. The van der Waals surface area contributed by atoms with Crippen LogP contribution in [-0.2, 0) is 26.2 Å². The van der Waals surface area contributed by atoms with Gasteiger partial charge in [0.05, 0.1) is 11.9 Å². The Bertz CT molecular complexity index is 1230. The number of halogens is 2. The highest BCUT2D eigenvalue weighted by Gasteiger charge is 2.29. The molecule has 2 rings (SSSR count). The Labute approximate surface area is 237 Å². The lowest BCUT2D eigenvalue weighted by Gasteiger charge is -2.31. The van der Waals surface area contributed by atoms with Gasteiger partial charge in [-0.1, -0.05) is 62.2 Å². The van der Waals surface area contributed by atoms with Gasteiger partial charge in [0.15, 0.2) is 0 Å². The summed E-state index contributed by atoms with van der Waals surface area (Å²) in [5, 5.41) is 3.82. The topological polar surface area (TPSA) is 86.8 Å². The molecule has 0 fully saturated rings. The number of anilines is 1. The Morgan fingerprint density at radius 2 is 1.76 bits per heavy atom. The van der Waals surface area contributed by atoms with Crippen molar-refractivity contribution in [2.45, 2.75) is 66.5 Å². The summed E-state index contributed by atoms with van der Waals surface area (Å²) in [5.74, 6) is -0.219. The van der Waals surface area contributed by atoms with Gasteiger partial charge >= 0.3 is 0 Å². The Morgan fingerprint density at radius 3 is 2.34 bits per heavy atom. The van der Waals surface area contributed by atoms with Gasteiger partial charge < -0.3 is 10.2 Å². The predicted octanol–water partition coefficient (Wildman–Crippen LogP) is 5.74. The third kappa shape index (κ3) is 8.89. The van der Waals surface area contributed by atoms with Crippen LogP contribution in [0.15, 0.2) is 36.4 Å². The van der Waals surface area contributed by atoms with E-state index >= 15 is 0 Å². The number of rotatable bonds is 13. The van der Waals surface area contributed by atoms with Crippen molar-refractivity contribution in [1.82, 2.24) is 10.2 Å². The van der Waals surface area contributed by atoms with Gasteiger partial charge in [0.25, 0.3) is 0 Å². The maximum absolute atomic E-state index is 13.6. The molecule has 0 heterocycles. The quantitative estimate of drug-likeness (QED) is 0.326. The summed E-state index contributed by atoms with van der Waals surface area (Å²) >= 11 is 12.5. The van der Waals surface area contributed by atoms with Gasteiger partial charge in [0.2, 0.25) is 21.8 Å². The third-order valence-corrected chi connectivity index (χ3v) is 8.19. The van der Waals surface area contributed by atoms with Gasteiger partial charge in [-0.3, -0.25) is 13.9 Å². The number of sulfonamides is 1. The van der Waals surface area contributed by atoms with Crippen LogP contribution in [0.2, 0.25) is 10.0 Å². The van der Waals surface area contributed by atoms with Crippen LogP contribution in [0, 0.1) is 19.8 Å². The molecule has 1 N–H and O–H groups in total. The van der Waals surface area contributed by atoms with E-state index in [-0.39, 0.29) is 43.7 Å². The molecule has 7 nitrogen and oxygen atoms in total. The third-order valence-electron chi connectivity index (χ3n) is 6.42. The monoisotopic (exact) mass is 583 g/mol. The van der Waals surface area contributed by atoms with Crippen molar-refractivity contribution in [3.63, 3.8) is 0 Å². The lowest BCUT2D eigenvalue weighted by Crippen LogP contribution is -2.49. The normalized spacial score (nSPS) is 12.3. The van der Waals surface area contributed by atoms with Crippen molar-refractivity contribution in [2.24, 2.45) is 5.92 Å². The minimum Gasteiger partial charge on any atom is -0.354 e. The van der Waals surface area contributed by atoms with E-state index in [2.05, 4.69) is 5.32 Å². The number of carbonyl (C=O) groups is 2. The van der Waals surface area contributed by atoms with Crippen LogP contribution in [0.4, 0.5) is 5.69 Å². The van der Waals surface area contributed by atoms with Gasteiger partial charge in [0, 0.05) is 36.1 Å². The molecule has 0 saturated heterocycles. The summed E-state index contributed by atoms with van der Waals surface area (Å²) in [6.07, 6.45) is 1.93. The molecule has 210 valence electrons. The summed E-state index contributed by atoms with van der Waals surface area (Å²) in [4.78, 5) is 28.2. The molecule has 2 aromatic carbocycles. The summed E-state index contributed by atoms with van der Waals surface area (Å²) in [5.41, 5.74) is 3.13. The Balaban J connectivity index is 2.28. The highest BCUT2D eigenvalue weighted by molar-refractivity contribution is 7.92. The number of carbonyl (C=O) groups excluding carboxylic acids is 2. The fourth-order valence-corrected chi connectivity index (χ4v) is 5.65. The molecule has 0 aliphatic carbocycles. The van der Waals surface area contributed by atoms with E-state index in [0.717, 1.165) is 17.4 Å². The van der Waals surface area contributed by atoms with Gasteiger partial charge in [-0.05, 0) is 67.5 Å². The minimum atomic E-state index is -3.57. The molecular formula is C28H39Cl2N3O4S. The number of nitrogens with zero attached hydrogens (tertiary/aromatic N) is 2. The summed E-state index contributed by atoms with van der Waals surface area (Å²) < 4.78 is 26.6. The molecule has 10 heteroatoms. The highest BCUT2D eigenvalue weighted by Crippen LogP contribution is 2.27. The zero-order chi connectivity index (χ0) is 28.6. The molecule has 0 spiro atoms. The number of amides is 2. The van der Waals surface area contributed by atoms with Gasteiger partial charge in [-0.15, -0.1) is 0 Å². The van der Waals surface area contributed by atoms with E-state index in [0.29, 0.717) is 34.3 Å². The predicted molar refractivity (Wildman–Crippen MR) is 156 cm³/mol. The molecule has 2 amide bonds. The summed E-state index contributed by atoms with van der Waals surface area (Å²) in [7, 11) is -3.57. The Kier molecular flexibility index (Phi) is 11.9. The van der Waals surface area contributed by atoms with Gasteiger partial charge in [-0.25, -0.2) is 8.42 Å². The van der Waals surface area contributed by atoms with E-state index < -0.39 is 16.1 Å². The molecule has 1 atom stereocenters. The van der Waals surface area contributed by atoms with Crippen LogP contribution in [0.1, 0.15) is 56.7 Å². The maximum atomic E-state index is 13.6. The lowest BCUT2D eigenvalue weighted by molar-refractivity contribution is -0.141. The molecule has 0 unspecified atom stereocenters. The van der Waals surface area contributed by atoms with E-state index in [1.54, 1.807) is 24.3 Å². The first-order valence-electron chi connectivity index (χ1n) is 12.8. The van der Waals surface area contributed by atoms with Crippen molar-refractivity contribution in [3.8, 4) is 0 Å². The fraction of sp³-hybridized carbons (Fsp3) is 0.500. The number of benzene rings is 2. The Hall–Kier alpha value is -2.29. The zero-order valence-corrected chi connectivity index (χ0v) is 25.4. The SMILES string of the molecule is CC[C@H](C(=O)NCC(C)C)N(Cc1ccc(Cl)cc1Cl)C(=O)CCCN(c1cccc(C)c1C)S(C)(=O)=O.